The molecule has 0 atom stereocenters. The number of phenolic OH excluding ortho intramolecular Hbond substituents is 2. The first-order chi connectivity index (χ1) is 13.5. The van der Waals surface area contributed by atoms with Crippen molar-refractivity contribution in [3.8, 4) is 11.5 Å². The average Bonchev–Trinajstić information content (AvgIpc) is 3.36. The number of aromatic hydroxyl groups is 2. The highest BCUT2D eigenvalue weighted by Gasteiger charge is 2.29. The molecule has 2 aromatic carbocycles. The number of hydrogen-bond donors (Lipinski definition) is 2. The van der Waals surface area contributed by atoms with Crippen LogP contribution in [0.2, 0.25) is 10.0 Å². The Balaban J connectivity index is 1.76. The van der Waals surface area contributed by atoms with Gasteiger partial charge < -0.3 is 10.2 Å². The minimum absolute atomic E-state index is 0.150. The Labute approximate surface area is 175 Å². The van der Waals surface area contributed by atoms with Gasteiger partial charge in [-0.25, -0.2) is 0 Å². The van der Waals surface area contributed by atoms with Gasteiger partial charge in [-0.3, -0.25) is 4.79 Å². The highest BCUT2D eigenvalue weighted by molar-refractivity contribution is 6.39. The molecule has 4 rings (SSSR count). The van der Waals surface area contributed by atoms with Crippen LogP contribution in [0.15, 0.2) is 24.3 Å². The number of hydrogen-bond acceptors (Lipinski definition) is 3. The Hall–Kier alpha value is -1.71. The van der Waals surface area contributed by atoms with Crippen LogP contribution in [-0.2, 0) is 0 Å². The van der Waals surface area contributed by atoms with Crippen molar-refractivity contribution in [2.75, 3.05) is 0 Å². The standard InChI is InChI=1S/C23H24Cl2O3/c24-21-15(9-11-17(26)19(21)13-5-1-2-6-13)23(28)16-10-12-18(27)20(22(16)25)14-7-3-4-8-14/h9-14,26-27H,1-8H2. The van der Waals surface area contributed by atoms with E-state index in [0.29, 0.717) is 32.3 Å². The van der Waals surface area contributed by atoms with Crippen molar-refractivity contribution in [2.45, 2.75) is 63.2 Å². The summed E-state index contributed by atoms with van der Waals surface area (Å²) in [6.45, 7) is 0. The van der Waals surface area contributed by atoms with Crippen molar-refractivity contribution in [2.24, 2.45) is 0 Å². The lowest BCUT2D eigenvalue weighted by Crippen LogP contribution is -2.08. The second-order valence-electron chi connectivity index (χ2n) is 8.01. The molecule has 2 fully saturated rings. The summed E-state index contributed by atoms with van der Waals surface area (Å²) in [4.78, 5) is 13.3. The van der Waals surface area contributed by atoms with Gasteiger partial charge in [-0.05, 0) is 61.8 Å². The summed E-state index contributed by atoms with van der Waals surface area (Å²) in [7, 11) is 0. The fourth-order valence-electron chi connectivity index (χ4n) is 4.87. The van der Waals surface area contributed by atoms with Crippen LogP contribution >= 0.6 is 23.2 Å². The fraction of sp³-hybridized carbons (Fsp3) is 0.435. The molecule has 0 heterocycles. The van der Waals surface area contributed by atoms with E-state index in [-0.39, 0.29) is 29.1 Å². The van der Waals surface area contributed by atoms with Gasteiger partial charge >= 0.3 is 0 Å². The first-order valence-electron chi connectivity index (χ1n) is 10.1. The number of rotatable bonds is 4. The molecule has 0 bridgehead atoms. The van der Waals surface area contributed by atoms with Crippen molar-refractivity contribution in [3.63, 3.8) is 0 Å². The molecule has 0 saturated heterocycles. The molecular weight excluding hydrogens is 395 g/mol. The second-order valence-corrected chi connectivity index (χ2v) is 8.77. The highest BCUT2D eigenvalue weighted by atomic mass is 35.5. The van der Waals surface area contributed by atoms with Gasteiger partial charge in [0.2, 0.25) is 0 Å². The number of carbonyl (C=O) groups excluding carboxylic acids is 1. The lowest BCUT2D eigenvalue weighted by atomic mass is 9.90. The highest BCUT2D eigenvalue weighted by Crippen LogP contribution is 2.46. The predicted molar refractivity (Wildman–Crippen MR) is 112 cm³/mol. The molecule has 3 nitrogen and oxygen atoms in total. The predicted octanol–water partition coefficient (Wildman–Crippen LogP) is 6.95. The molecule has 0 aliphatic heterocycles. The second kappa shape index (κ2) is 7.96. The Kier molecular flexibility index (Phi) is 5.57. The summed E-state index contributed by atoms with van der Waals surface area (Å²) in [5.41, 5.74) is 2.06. The number of benzene rings is 2. The van der Waals surface area contributed by atoms with E-state index in [2.05, 4.69) is 0 Å². The van der Waals surface area contributed by atoms with Crippen molar-refractivity contribution in [1.29, 1.82) is 0 Å². The van der Waals surface area contributed by atoms with Gasteiger partial charge in [-0.2, -0.15) is 0 Å². The van der Waals surface area contributed by atoms with Crippen LogP contribution in [0, 0.1) is 0 Å². The summed E-state index contributed by atoms with van der Waals surface area (Å²) in [6, 6.07) is 6.24. The van der Waals surface area contributed by atoms with Gasteiger partial charge in [-0.15, -0.1) is 0 Å². The smallest absolute Gasteiger partial charge is 0.196 e. The molecule has 2 aliphatic carbocycles. The summed E-state index contributed by atoms with van der Waals surface area (Å²) in [5.74, 6) is 0.400. The maximum atomic E-state index is 13.3. The maximum absolute atomic E-state index is 13.3. The molecule has 2 aromatic rings. The molecule has 0 radical (unpaired) electrons. The molecule has 0 spiro atoms. The van der Waals surface area contributed by atoms with E-state index in [1.54, 1.807) is 24.3 Å². The summed E-state index contributed by atoms with van der Waals surface area (Å²) in [6.07, 6.45) is 8.29. The number of halogens is 2. The molecule has 0 amide bonds. The third kappa shape index (κ3) is 3.40. The van der Waals surface area contributed by atoms with Gasteiger partial charge in [0.1, 0.15) is 11.5 Å². The van der Waals surface area contributed by atoms with Gasteiger partial charge in [0.15, 0.2) is 5.78 Å². The Morgan fingerprint density at radius 1 is 0.714 bits per heavy atom. The van der Waals surface area contributed by atoms with Crippen molar-refractivity contribution < 1.29 is 15.0 Å². The van der Waals surface area contributed by atoms with Crippen LogP contribution in [0.1, 0.15) is 90.3 Å². The number of phenols is 2. The zero-order valence-electron chi connectivity index (χ0n) is 15.7. The van der Waals surface area contributed by atoms with Crippen LogP contribution < -0.4 is 0 Å². The fourth-order valence-corrected chi connectivity index (χ4v) is 5.67. The van der Waals surface area contributed by atoms with Gasteiger partial charge in [0, 0.05) is 22.3 Å². The van der Waals surface area contributed by atoms with Gasteiger partial charge in [-0.1, -0.05) is 48.9 Å². The molecule has 0 unspecified atom stereocenters. The molecule has 2 saturated carbocycles. The molecular formula is C23H24Cl2O3. The molecule has 0 aromatic heterocycles. The molecule has 2 aliphatic rings. The van der Waals surface area contributed by atoms with E-state index in [9.17, 15) is 15.0 Å². The lowest BCUT2D eigenvalue weighted by molar-refractivity contribution is 0.103. The summed E-state index contributed by atoms with van der Waals surface area (Å²) in [5, 5.41) is 21.3. The Morgan fingerprint density at radius 2 is 1.07 bits per heavy atom. The van der Waals surface area contributed by atoms with Crippen molar-refractivity contribution in [3.05, 3.63) is 56.6 Å². The quantitative estimate of drug-likeness (QED) is 0.527. The van der Waals surface area contributed by atoms with E-state index in [1.165, 1.54) is 0 Å². The topological polar surface area (TPSA) is 57.5 Å². The van der Waals surface area contributed by atoms with E-state index < -0.39 is 0 Å². The van der Waals surface area contributed by atoms with E-state index in [4.69, 9.17) is 23.2 Å². The largest absolute Gasteiger partial charge is 0.508 e. The third-order valence-corrected chi connectivity index (χ3v) is 7.14. The van der Waals surface area contributed by atoms with Crippen LogP contribution in [0.4, 0.5) is 0 Å². The van der Waals surface area contributed by atoms with E-state index in [1.807, 2.05) is 0 Å². The monoisotopic (exact) mass is 418 g/mol. The average molecular weight is 419 g/mol. The molecule has 2 N–H and O–H groups in total. The summed E-state index contributed by atoms with van der Waals surface area (Å²) < 4.78 is 0. The SMILES string of the molecule is O=C(c1ccc(O)c(C2CCCC2)c1Cl)c1ccc(O)c(C2CCCC2)c1Cl. The zero-order chi connectivity index (χ0) is 19.8. The number of ketones is 1. The first kappa shape index (κ1) is 19.6. The van der Waals surface area contributed by atoms with Crippen LogP contribution in [-0.4, -0.2) is 16.0 Å². The molecule has 28 heavy (non-hydrogen) atoms. The third-order valence-electron chi connectivity index (χ3n) is 6.33. The first-order valence-corrected chi connectivity index (χ1v) is 10.8. The zero-order valence-corrected chi connectivity index (χ0v) is 17.2. The van der Waals surface area contributed by atoms with E-state index in [0.717, 1.165) is 51.4 Å². The normalized spacial score (nSPS) is 18.1. The van der Waals surface area contributed by atoms with Gasteiger partial charge in [0.25, 0.3) is 0 Å². The van der Waals surface area contributed by atoms with Crippen molar-refractivity contribution in [1.82, 2.24) is 0 Å². The minimum Gasteiger partial charge on any atom is -0.508 e. The Morgan fingerprint density at radius 3 is 1.43 bits per heavy atom. The van der Waals surface area contributed by atoms with E-state index >= 15 is 0 Å². The lowest BCUT2D eigenvalue weighted by Gasteiger charge is -2.18. The van der Waals surface area contributed by atoms with Crippen LogP contribution in [0.3, 0.4) is 0 Å². The molecule has 148 valence electrons. The molecule has 5 heteroatoms. The minimum atomic E-state index is -0.270. The van der Waals surface area contributed by atoms with Gasteiger partial charge in [0.05, 0.1) is 10.0 Å². The van der Waals surface area contributed by atoms with Crippen LogP contribution in [0.25, 0.3) is 0 Å². The van der Waals surface area contributed by atoms with Crippen molar-refractivity contribution >= 4 is 29.0 Å². The number of carbonyl (C=O) groups is 1. The Bertz CT molecular complexity index is 837. The maximum Gasteiger partial charge on any atom is 0.196 e. The van der Waals surface area contributed by atoms with Crippen LogP contribution in [0.5, 0.6) is 11.5 Å². The summed E-state index contributed by atoms with van der Waals surface area (Å²) >= 11 is 13.2.